The van der Waals surface area contributed by atoms with Crippen LogP contribution in [-0.4, -0.2) is 19.5 Å². The van der Waals surface area contributed by atoms with Gasteiger partial charge in [0.15, 0.2) is 23.7 Å². The molecule has 0 N–H and O–H groups in total. The summed E-state index contributed by atoms with van der Waals surface area (Å²) in [6.07, 6.45) is 10.9. The average Bonchev–Trinajstić information content (AvgIpc) is 2.72. The summed E-state index contributed by atoms with van der Waals surface area (Å²) >= 11 is 0. The summed E-state index contributed by atoms with van der Waals surface area (Å²) in [6.45, 7) is 3.77. The molecule has 2 aliphatic rings. The van der Waals surface area contributed by atoms with E-state index in [4.69, 9.17) is 9.47 Å². The minimum Gasteiger partial charge on any atom is -0.352 e. The van der Waals surface area contributed by atoms with Crippen molar-refractivity contribution in [3.05, 3.63) is 35.1 Å². The van der Waals surface area contributed by atoms with Gasteiger partial charge in [-0.15, -0.1) is 0 Å². The van der Waals surface area contributed by atoms with Crippen LogP contribution in [0.15, 0.2) is 12.1 Å². The molecule has 2 nitrogen and oxygen atoms in total. The second kappa shape index (κ2) is 10.6. The van der Waals surface area contributed by atoms with E-state index in [0.29, 0.717) is 17.4 Å². The smallest absolute Gasteiger partial charge is 0.194 e. The number of rotatable bonds is 8. The second-order valence-corrected chi connectivity index (χ2v) is 8.51. The van der Waals surface area contributed by atoms with Crippen LogP contribution in [0.25, 0.3) is 0 Å². The van der Waals surface area contributed by atoms with E-state index >= 15 is 0 Å². The van der Waals surface area contributed by atoms with Gasteiger partial charge in [0.25, 0.3) is 0 Å². The minimum absolute atomic E-state index is 0.0697. The first-order chi connectivity index (χ1) is 13.6. The Hall–Kier alpha value is -1.07. The van der Waals surface area contributed by atoms with E-state index in [1.807, 2.05) is 0 Å². The van der Waals surface area contributed by atoms with Gasteiger partial charge in [-0.05, 0) is 55.7 Å². The maximum absolute atomic E-state index is 13.5. The van der Waals surface area contributed by atoms with Gasteiger partial charge >= 0.3 is 0 Å². The van der Waals surface area contributed by atoms with E-state index in [2.05, 4.69) is 6.92 Å². The third-order valence-corrected chi connectivity index (χ3v) is 6.34. The number of hydrogen-bond acceptors (Lipinski definition) is 2. The molecule has 158 valence electrons. The number of halogens is 3. The first-order valence-electron chi connectivity index (χ1n) is 11.0. The van der Waals surface area contributed by atoms with E-state index in [1.54, 1.807) is 0 Å². The average molecular weight is 399 g/mol. The zero-order chi connectivity index (χ0) is 19.9. The number of ether oxygens (including phenoxy) is 2. The third kappa shape index (κ3) is 5.73. The maximum Gasteiger partial charge on any atom is 0.194 e. The molecule has 1 aliphatic heterocycles. The van der Waals surface area contributed by atoms with Gasteiger partial charge in [-0.25, -0.2) is 13.2 Å². The Morgan fingerprint density at radius 2 is 1.46 bits per heavy atom. The molecule has 1 aliphatic carbocycles. The predicted molar refractivity (Wildman–Crippen MR) is 104 cm³/mol. The summed E-state index contributed by atoms with van der Waals surface area (Å²) < 4.78 is 52.2. The lowest BCUT2D eigenvalue weighted by Crippen LogP contribution is -2.38. The first-order valence-corrected chi connectivity index (χ1v) is 11.0. The monoisotopic (exact) mass is 398 g/mol. The Kier molecular flexibility index (Phi) is 8.22. The van der Waals surface area contributed by atoms with Crippen LogP contribution in [0.5, 0.6) is 0 Å². The highest BCUT2D eigenvalue weighted by Gasteiger charge is 2.33. The zero-order valence-electron chi connectivity index (χ0n) is 16.9. The normalized spacial score (nSPS) is 28.4. The van der Waals surface area contributed by atoms with Gasteiger partial charge in [0.1, 0.15) is 0 Å². The molecule has 0 spiro atoms. The van der Waals surface area contributed by atoms with E-state index in [1.165, 1.54) is 38.5 Å². The molecule has 0 bridgehead atoms. The van der Waals surface area contributed by atoms with E-state index in [-0.39, 0.29) is 12.2 Å². The number of unbranched alkanes of at least 4 members (excludes halogenated alkanes) is 4. The lowest BCUT2D eigenvalue weighted by molar-refractivity contribution is -0.229. The van der Waals surface area contributed by atoms with Crippen LogP contribution in [0.3, 0.4) is 0 Å². The summed E-state index contributed by atoms with van der Waals surface area (Å²) in [5, 5.41) is 0. The van der Waals surface area contributed by atoms with Gasteiger partial charge in [-0.3, -0.25) is 0 Å². The molecule has 0 amide bonds. The summed E-state index contributed by atoms with van der Waals surface area (Å²) in [4.78, 5) is 0. The maximum atomic E-state index is 13.5. The van der Waals surface area contributed by atoms with Gasteiger partial charge < -0.3 is 9.47 Å². The molecule has 0 aromatic heterocycles. The van der Waals surface area contributed by atoms with Gasteiger partial charge in [-0.2, -0.15) is 0 Å². The van der Waals surface area contributed by atoms with Crippen LogP contribution >= 0.6 is 0 Å². The zero-order valence-corrected chi connectivity index (χ0v) is 16.9. The fraction of sp³-hybridized carbons (Fsp3) is 0.739. The van der Waals surface area contributed by atoms with Gasteiger partial charge in [-0.1, -0.05) is 39.0 Å². The molecule has 3 rings (SSSR count). The summed E-state index contributed by atoms with van der Waals surface area (Å²) in [5.74, 6) is -2.69. The van der Waals surface area contributed by atoms with Gasteiger partial charge in [0.05, 0.1) is 13.2 Å². The molecule has 5 heteroatoms. The quantitative estimate of drug-likeness (QED) is 0.357. The van der Waals surface area contributed by atoms with Crippen molar-refractivity contribution in [1.29, 1.82) is 0 Å². The predicted octanol–water partition coefficient (Wildman–Crippen LogP) is 6.73. The second-order valence-electron chi connectivity index (χ2n) is 8.51. The Morgan fingerprint density at radius 3 is 2.07 bits per heavy atom. The third-order valence-electron chi connectivity index (χ3n) is 6.34. The summed E-state index contributed by atoms with van der Waals surface area (Å²) in [7, 11) is 0. The summed E-state index contributed by atoms with van der Waals surface area (Å²) in [6, 6.07) is 2.28. The van der Waals surface area contributed by atoms with Crippen molar-refractivity contribution in [1.82, 2.24) is 0 Å². The fourth-order valence-electron chi connectivity index (χ4n) is 4.57. The molecule has 1 aromatic carbocycles. The first kappa shape index (κ1) is 21.6. The van der Waals surface area contributed by atoms with Crippen molar-refractivity contribution in [3.8, 4) is 0 Å². The molecule has 1 aromatic rings. The number of hydrogen-bond donors (Lipinski definition) is 0. The van der Waals surface area contributed by atoms with Crippen molar-refractivity contribution in [2.24, 2.45) is 11.8 Å². The highest BCUT2D eigenvalue weighted by Crippen LogP contribution is 2.39. The highest BCUT2D eigenvalue weighted by molar-refractivity contribution is 5.23. The molecular formula is C23H33F3O2. The van der Waals surface area contributed by atoms with Crippen molar-refractivity contribution >= 4 is 0 Å². The van der Waals surface area contributed by atoms with Crippen molar-refractivity contribution in [2.45, 2.75) is 83.3 Å². The van der Waals surface area contributed by atoms with Crippen LogP contribution in [0.1, 0.15) is 82.6 Å². The topological polar surface area (TPSA) is 18.5 Å². The van der Waals surface area contributed by atoms with Crippen LogP contribution in [0, 0.1) is 29.3 Å². The Bertz CT molecular complexity index is 583. The molecule has 0 atom stereocenters. The van der Waals surface area contributed by atoms with E-state index in [0.717, 1.165) is 51.0 Å². The minimum atomic E-state index is -1.39. The summed E-state index contributed by atoms with van der Waals surface area (Å²) in [5.41, 5.74) is 0.559. The molecular weight excluding hydrogens is 365 g/mol. The largest absolute Gasteiger partial charge is 0.352 e. The molecule has 0 radical (unpaired) electrons. The molecule has 28 heavy (non-hydrogen) atoms. The highest BCUT2D eigenvalue weighted by atomic mass is 19.2. The van der Waals surface area contributed by atoms with Crippen LogP contribution in [-0.2, 0) is 9.47 Å². The van der Waals surface area contributed by atoms with Crippen LogP contribution in [0.4, 0.5) is 13.2 Å². The molecule has 0 unspecified atom stereocenters. The van der Waals surface area contributed by atoms with Crippen molar-refractivity contribution < 1.29 is 22.6 Å². The van der Waals surface area contributed by atoms with Crippen molar-refractivity contribution in [2.75, 3.05) is 13.2 Å². The lowest BCUT2D eigenvalue weighted by Gasteiger charge is -2.37. The lowest BCUT2D eigenvalue weighted by atomic mass is 9.78. The molecule has 1 saturated heterocycles. The van der Waals surface area contributed by atoms with Crippen molar-refractivity contribution in [3.63, 3.8) is 0 Å². The van der Waals surface area contributed by atoms with Gasteiger partial charge in [0.2, 0.25) is 0 Å². The fourth-order valence-corrected chi connectivity index (χ4v) is 4.57. The van der Waals surface area contributed by atoms with E-state index < -0.39 is 17.5 Å². The standard InChI is InChI=1S/C23H33F3O2/c1-2-3-4-5-6-7-16-14-27-23(28-15-16)18-10-8-17(9-11-18)19-12-20(24)22(26)21(25)13-19/h12-13,16-18,23H,2-11,14-15H2,1H3. The molecule has 1 saturated carbocycles. The Balaban J connectivity index is 1.39. The number of benzene rings is 1. The molecule has 1 heterocycles. The molecule has 2 fully saturated rings. The van der Waals surface area contributed by atoms with Crippen LogP contribution in [0.2, 0.25) is 0 Å². The Morgan fingerprint density at radius 1 is 0.857 bits per heavy atom. The van der Waals surface area contributed by atoms with Gasteiger partial charge in [0, 0.05) is 11.8 Å². The van der Waals surface area contributed by atoms with Crippen LogP contribution < -0.4 is 0 Å². The van der Waals surface area contributed by atoms with E-state index in [9.17, 15) is 13.2 Å². The Labute approximate surface area is 166 Å². The SMILES string of the molecule is CCCCCCCC1COC(C2CCC(c3cc(F)c(F)c(F)c3)CC2)OC1.